The molecule has 3 aromatic rings. The van der Waals surface area contributed by atoms with Crippen molar-refractivity contribution >= 4 is 22.6 Å². The molecule has 0 unspecified atom stereocenters. The van der Waals surface area contributed by atoms with Crippen LogP contribution in [0.3, 0.4) is 0 Å². The van der Waals surface area contributed by atoms with E-state index < -0.39 is 0 Å². The number of aryl methyl sites for hydroxylation is 2. The molecule has 0 aliphatic heterocycles. The molecule has 0 aliphatic rings. The molecule has 138 valence electrons. The lowest BCUT2D eigenvalue weighted by Gasteiger charge is -2.11. The SMILES string of the molecule is CCC[C@@H](N)CCc1nc(Oc2cncnc2)nc2[nH]c(CC)c(Cl)c12. The van der Waals surface area contributed by atoms with Gasteiger partial charge in [-0.2, -0.15) is 9.97 Å². The van der Waals surface area contributed by atoms with Gasteiger partial charge in [-0.15, -0.1) is 0 Å². The Morgan fingerprint density at radius 2 is 1.96 bits per heavy atom. The van der Waals surface area contributed by atoms with Gasteiger partial charge in [-0.3, -0.25) is 0 Å². The summed E-state index contributed by atoms with van der Waals surface area (Å²) in [6.07, 6.45) is 8.95. The van der Waals surface area contributed by atoms with Crippen LogP contribution in [0.2, 0.25) is 5.02 Å². The summed E-state index contributed by atoms with van der Waals surface area (Å²) in [7, 11) is 0. The molecular formula is C18H23ClN6O. The van der Waals surface area contributed by atoms with Gasteiger partial charge in [0.2, 0.25) is 0 Å². The highest BCUT2D eigenvalue weighted by Crippen LogP contribution is 2.32. The zero-order valence-corrected chi connectivity index (χ0v) is 15.8. The van der Waals surface area contributed by atoms with Crippen LogP contribution >= 0.6 is 11.6 Å². The highest BCUT2D eigenvalue weighted by molar-refractivity contribution is 6.36. The predicted molar refractivity (Wildman–Crippen MR) is 102 cm³/mol. The van der Waals surface area contributed by atoms with Gasteiger partial charge in [0.25, 0.3) is 0 Å². The van der Waals surface area contributed by atoms with Crippen molar-refractivity contribution in [2.75, 3.05) is 0 Å². The van der Waals surface area contributed by atoms with Crippen molar-refractivity contribution in [3.05, 3.63) is 35.1 Å². The summed E-state index contributed by atoms with van der Waals surface area (Å²) in [5, 5.41) is 1.53. The summed E-state index contributed by atoms with van der Waals surface area (Å²) >= 11 is 6.55. The second-order valence-corrected chi connectivity index (χ2v) is 6.59. The van der Waals surface area contributed by atoms with E-state index in [1.54, 1.807) is 12.4 Å². The number of nitrogens with two attached hydrogens (primary N) is 1. The van der Waals surface area contributed by atoms with Crippen molar-refractivity contribution in [3.8, 4) is 11.8 Å². The minimum atomic E-state index is 0.139. The summed E-state index contributed by atoms with van der Waals surface area (Å²) in [4.78, 5) is 20.2. The number of nitrogens with one attached hydrogen (secondary N) is 1. The number of fused-ring (bicyclic) bond motifs is 1. The van der Waals surface area contributed by atoms with E-state index >= 15 is 0 Å². The molecule has 3 aromatic heterocycles. The molecular weight excluding hydrogens is 352 g/mol. The summed E-state index contributed by atoms with van der Waals surface area (Å²) in [6.45, 7) is 4.17. The van der Waals surface area contributed by atoms with E-state index in [4.69, 9.17) is 22.1 Å². The smallest absolute Gasteiger partial charge is 0.324 e. The van der Waals surface area contributed by atoms with Gasteiger partial charge in [-0.25, -0.2) is 9.97 Å². The Bertz CT molecular complexity index is 867. The molecule has 3 rings (SSSR count). The number of hydrogen-bond donors (Lipinski definition) is 2. The first kappa shape index (κ1) is 18.5. The summed E-state index contributed by atoms with van der Waals surface area (Å²) in [5.41, 5.74) is 8.63. The highest BCUT2D eigenvalue weighted by atomic mass is 35.5. The first-order chi connectivity index (χ1) is 12.6. The van der Waals surface area contributed by atoms with Crippen molar-refractivity contribution in [1.82, 2.24) is 24.9 Å². The van der Waals surface area contributed by atoms with E-state index in [1.807, 2.05) is 6.92 Å². The Balaban J connectivity index is 1.96. The van der Waals surface area contributed by atoms with Gasteiger partial charge in [-0.1, -0.05) is 31.9 Å². The highest BCUT2D eigenvalue weighted by Gasteiger charge is 2.18. The molecule has 0 saturated carbocycles. The summed E-state index contributed by atoms with van der Waals surface area (Å²) in [5.74, 6) is 0.480. The van der Waals surface area contributed by atoms with Gasteiger partial charge in [0.1, 0.15) is 12.0 Å². The predicted octanol–water partition coefficient (Wildman–Crippen LogP) is 3.82. The molecule has 26 heavy (non-hydrogen) atoms. The van der Waals surface area contributed by atoms with E-state index in [-0.39, 0.29) is 12.1 Å². The second kappa shape index (κ2) is 8.42. The third-order valence-electron chi connectivity index (χ3n) is 4.23. The van der Waals surface area contributed by atoms with Gasteiger partial charge in [0, 0.05) is 11.7 Å². The van der Waals surface area contributed by atoms with Crippen LogP contribution < -0.4 is 10.5 Å². The molecule has 0 aromatic carbocycles. The zero-order valence-electron chi connectivity index (χ0n) is 15.0. The van der Waals surface area contributed by atoms with Crippen molar-refractivity contribution < 1.29 is 4.74 Å². The Kier molecular flexibility index (Phi) is 6.00. The quantitative estimate of drug-likeness (QED) is 0.621. The summed E-state index contributed by atoms with van der Waals surface area (Å²) < 4.78 is 5.72. The molecule has 0 fully saturated rings. The monoisotopic (exact) mass is 374 g/mol. The van der Waals surface area contributed by atoms with E-state index in [1.165, 1.54) is 6.33 Å². The van der Waals surface area contributed by atoms with Gasteiger partial charge < -0.3 is 15.5 Å². The fraction of sp³-hybridized carbons (Fsp3) is 0.444. The normalized spacial score (nSPS) is 12.5. The molecule has 7 nitrogen and oxygen atoms in total. The topological polar surface area (TPSA) is 103 Å². The number of halogens is 1. The van der Waals surface area contributed by atoms with Crippen LogP contribution in [-0.2, 0) is 12.8 Å². The maximum Gasteiger partial charge on any atom is 0.324 e. The van der Waals surface area contributed by atoms with Gasteiger partial charge in [0.15, 0.2) is 5.75 Å². The fourth-order valence-corrected chi connectivity index (χ4v) is 3.28. The number of H-pyrrole nitrogens is 1. The Labute approximate surface area is 157 Å². The molecule has 0 amide bonds. The van der Waals surface area contributed by atoms with Crippen molar-refractivity contribution in [2.24, 2.45) is 5.73 Å². The molecule has 0 aliphatic carbocycles. The standard InChI is InChI=1S/C18H23ClN6O/c1-3-5-11(20)6-7-14-15-16(19)13(4-2)23-17(15)25-18(24-14)26-12-8-21-10-22-9-12/h8-11H,3-7,20H2,1-2H3,(H,23,24,25)/t11-/m1/s1. The average molecular weight is 375 g/mol. The van der Waals surface area contributed by atoms with E-state index in [0.717, 1.165) is 42.5 Å². The number of ether oxygens (including phenoxy) is 1. The maximum atomic E-state index is 6.55. The lowest BCUT2D eigenvalue weighted by molar-refractivity contribution is 0.436. The van der Waals surface area contributed by atoms with Gasteiger partial charge in [0.05, 0.1) is 28.5 Å². The third-order valence-corrected chi connectivity index (χ3v) is 4.65. The molecule has 0 spiro atoms. The maximum absolute atomic E-state index is 6.55. The summed E-state index contributed by atoms with van der Waals surface area (Å²) in [6, 6.07) is 0.382. The molecule has 3 heterocycles. The number of nitrogens with zero attached hydrogens (tertiary/aromatic N) is 4. The second-order valence-electron chi connectivity index (χ2n) is 6.21. The van der Waals surface area contributed by atoms with Crippen LogP contribution in [0.15, 0.2) is 18.7 Å². The van der Waals surface area contributed by atoms with Crippen LogP contribution in [-0.4, -0.2) is 31.0 Å². The minimum Gasteiger partial charge on any atom is -0.421 e. The van der Waals surface area contributed by atoms with Crippen LogP contribution in [0.5, 0.6) is 11.8 Å². The molecule has 0 saturated heterocycles. The average Bonchev–Trinajstić information content (AvgIpc) is 2.97. The van der Waals surface area contributed by atoms with Gasteiger partial charge >= 0.3 is 6.01 Å². The van der Waals surface area contributed by atoms with E-state index in [9.17, 15) is 0 Å². The Morgan fingerprint density at radius 3 is 2.65 bits per heavy atom. The molecule has 1 atom stereocenters. The van der Waals surface area contributed by atoms with Gasteiger partial charge in [-0.05, 0) is 25.7 Å². The fourth-order valence-electron chi connectivity index (χ4n) is 2.91. The Morgan fingerprint density at radius 1 is 1.19 bits per heavy atom. The first-order valence-electron chi connectivity index (χ1n) is 8.87. The molecule has 0 bridgehead atoms. The zero-order chi connectivity index (χ0) is 18.5. The molecule has 3 N–H and O–H groups in total. The van der Waals surface area contributed by atoms with Crippen molar-refractivity contribution in [3.63, 3.8) is 0 Å². The van der Waals surface area contributed by atoms with Crippen molar-refractivity contribution in [1.29, 1.82) is 0 Å². The lowest BCUT2D eigenvalue weighted by atomic mass is 10.0. The number of rotatable bonds is 8. The van der Waals surface area contributed by atoms with E-state index in [0.29, 0.717) is 22.8 Å². The number of aromatic nitrogens is 5. The number of aromatic amines is 1. The van der Waals surface area contributed by atoms with E-state index in [2.05, 4.69) is 31.8 Å². The van der Waals surface area contributed by atoms with Crippen LogP contribution in [0.25, 0.3) is 11.0 Å². The van der Waals surface area contributed by atoms with Crippen molar-refractivity contribution in [2.45, 2.75) is 52.0 Å². The Hall–Kier alpha value is -2.25. The minimum absolute atomic E-state index is 0.139. The van der Waals surface area contributed by atoms with Crippen LogP contribution in [0.1, 0.15) is 44.5 Å². The molecule has 0 radical (unpaired) electrons. The van der Waals surface area contributed by atoms with Crippen LogP contribution in [0.4, 0.5) is 0 Å². The number of hydrogen-bond acceptors (Lipinski definition) is 6. The van der Waals surface area contributed by atoms with Crippen LogP contribution in [0, 0.1) is 0 Å². The lowest BCUT2D eigenvalue weighted by Crippen LogP contribution is -2.20. The first-order valence-corrected chi connectivity index (χ1v) is 9.25. The largest absolute Gasteiger partial charge is 0.421 e. The molecule has 8 heteroatoms. The third kappa shape index (κ3) is 4.11.